The molecule has 17 heavy (non-hydrogen) atoms. The Balaban J connectivity index is 2.88. The molecule has 0 aliphatic carbocycles. The molecule has 1 aromatic carbocycles. The molecule has 0 radical (unpaired) electrons. The molecule has 1 aromatic rings. The van der Waals surface area contributed by atoms with Crippen LogP contribution < -0.4 is 0 Å². The zero-order chi connectivity index (χ0) is 12.5. The molecule has 90 valence electrons. The predicted molar refractivity (Wildman–Crippen MR) is 79.1 cm³/mol. The van der Waals surface area contributed by atoms with Crippen molar-refractivity contribution in [3.63, 3.8) is 0 Å². The van der Waals surface area contributed by atoms with Gasteiger partial charge in [0.15, 0.2) is 0 Å². The summed E-state index contributed by atoms with van der Waals surface area (Å²) in [6.07, 6.45) is 4.43. The van der Waals surface area contributed by atoms with Gasteiger partial charge >= 0.3 is 0 Å². The second kappa shape index (κ2) is 8.14. The van der Waals surface area contributed by atoms with Gasteiger partial charge in [-0.25, -0.2) is 0 Å². The minimum absolute atomic E-state index is 1.06. The van der Waals surface area contributed by atoms with E-state index < -0.39 is 0 Å². The highest BCUT2D eigenvalue weighted by Crippen LogP contribution is 2.21. The summed E-state index contributed by atoms with van der Waals surface area (Å²) in [5, 5.41) is 0. The summed E-state index contributed by atoms with van der Waals surface area (Å²) < 4.78 is 1.27. The van der Waals surface area contributed by atoms with Crippen molar-refractivity contribution in [2.45, 2.75) is 39.5 Å². The van der Waals surface area contributed by atoms with Crippen LogP contribution in [0.4, 0.5) is 0 Å². The van der Waals surface area contributed by atoms with E-state index in [9.17, 15) is 0 Å². The van der Waals surface area contributed by atoms with Gasteiger partial charge in [0, 0.05) is 15.6 Å². The predicted octanol–water partition coefficient (Wildman–Crippen LogP) is 5.29. The van der Waals surface area contributed by atoms with Crippen LogP contribution in [0, 0.1) is 11.8 Å². The molecule has 0 saturated heterocycles. The monoisotopic (exact) mass is 290 g/mol. The minimum Gasteiger partial charge on any atom is -0.0653 e. The van der Waals surface area contributed by atoms with Crippen molar-refractivity contribution in [3.8, 4) is 11.8 Å². The minimum atomic E-state index is 1.06. The molecule has 0 amide bonds. The lowest BCUT2D eigenvalue weighted by molar-refractivity contribution is 0.893. The third kappa shape index (κ3) is 5.24. The van der Waals surface area contributed by atoms with Crippen LogP contribution in [-0.2, 0) is 0 Å². The van der Waals surface area contributed by atoms with Crippen molar-refractivity contribution in [1.29, 1.82) is 0 Å². The quantitative estimate of drug-likeness (QED) is 0.661. The lowest BCUT2D eigenvalue weighted by Gasteiger charge is -2.02. The van der Waals surface area contributed by atoms with Crippen LogP contribution in [0.5, 0.6) is 0 Å². The van der Waals surface area contributed by atoms with E-state index in [0.29, 0.717) is 0 Å². The van der Waals surface area contributed by atoms with E-state index in [-0.39, 0.29) is 0 Å². The maximum atomic E-state index is 3.66. The first-order valence-corrected chi connectivity index (χ1v) is 7.01. The number of rotatable bonds is 4. The highest BCUT2D eigenvalue weighted by atomic mass is 79.9. The number of hydrogen-bond acceptors (Lipinski definition) is 0. The zero-order valence-electron chi connectivity index (χ0n) is 10.6. The van der Waals surface area contributed by atoms with Gasteiger partial charge in [0.25, 0.3) is 0 Å². The molecule has 0 spiro atoms. The standard InChI is InChI=1S/C16H19Br/c1-3-8-15(16(17)9-4-2)13-12-14-10-6-5-7-11-14/h5-7,10-11H,3-4,8-9H2,1-2H3/b16-15-. The van der Waals surface area contributed by atoms with Gasteiger partial charge in [-0.2, -0.15) is 0 Å². The average molecular weight is 291 g/mol. The zero-order valence-corrected chi connectivity index (χ0v) is 12.2. The maximum Gasteiger partial charge on any atom is 0.0248 e. The Morgan fingerprint density at radius 1 is 1.06 bits per heavy atom. The van der Waals surface area contributed by atoms with E-state index in [4.69, 9.17) is 0 Å². The van der Waals surface area contributed by atoms with Crippen molar-refractivity contribution in [2.24, 2.45) is 0 Å². The molecule has 0 fully saturated rings. The van der Waals surface area contributed by atoms with Crippen LogP contribution in [0.2, 0.25) is 0 Å². The lowest BCUT2D eigenvalue weighted by Crippen LogP contribution is -1.85. The molecule has 1 rings (SSSR count). The average Bonchev–Trinajstić information content (AvgIpc) is 2.36. The fraction of sp³-hybridized carbons (Fsp3) is 0.375. The summed E-state index contributed by atoms with van der Waals surface area (Å²) in [6, 6.07) is 10.2. The third-order valence-electron chi connectivity index (χ3n) is 2.43. The topological polar surface area (TPSA) is 0 Å². The van der Waals surface area contributed by atoms with Gasteiger partial charge in [-0.05, 0) is 25.0 Å². The summed E-state index contributed by atoms with van der Waals surface area (Å²) in [7, 11) is 0. The largest absolute Gasteiger partial charge is 0.0653 e. The highest BCUT2D eigenvalue weighted by molar-refractivity contribution is 9.11. The van der Waals surface area contributed by atoms with E-state index >= 15 is 0 Å². The molecular formula is C16H19Br. The molecule has 0 unspecified atom stereocenters. The van der Waals surface area contributed by atoms with Gasteiger partial charge in [0.05, 0.1) is 0 Å². The van der Waals surface area contributed by atoms with Crippen LogP contribution in [0.3, 0.4) is 0 Å². The molecule has 0 aliphatic heterocycles. The fourth-order valence-electron chi connectivity index (χ4n) is 1.56. The summed E-state index contributed by atoms with van der Waals surface area (Å²) in [6.45, 7) is 4.38. The Morgan fingerprint density at radius 3 is 2.29 bits per heavy atom. The first kappa shape index (κ1) is 14.1. The van der Waals surface area contributed by atoms with E-state index in [0.717, 1.165) is 31.2 Å². The van der Waals surface area contributed by atoms with Gasteiger partial charge in [-0.3, -0.25) is 0 Å². The summed E-state index contributed by atoms with van der Waals surface area (Å²) in [5.41, 5.74) is 2.33. The molecule has 0 atom stereocenters. The Kier molecular flexibility index (Phi) is 6.74. The van der Waals surface area contributed by atoms with E-state index in [1.165, 1.54) is 10.1 Å². The van der Waals surface area contributed by atoms with Crippen LogP contribution in [-0.4, -0.2) is 0 Å². The van der Waals surface area contributed by atoms with Crippen molar-refractivity contribution in [1.82, 2.24) is 0 Å². The lowest BCUT2D eigenvalue weighted by atomic mass is 10.1. The van der Waals surface area contributed by atoms with Crippen molar-refractivity contribution < 1.29 is 0 Å². The van der Waals surface area contributed by atoms with Crippen molar-refractivity contribution in [2.75, 3.05) is 0 Å². The molecule has 0 bridgehead atoms. The van der Waals surface area contributed by atoms with Gasteiger partial charge < -0.3 is 0 Å². The van der Waals surface area contributed by atoms with Gasteiger partial charge in [0.1, 0.15) is 0 Å². The van der Waals surface area contributed by atoms with Gasteiger partial charge in [-0.1, -0.05) is 72.7 Å². The second-order valence-corrected chi connectivity index (χ2v) is 4.96. The van der Waals surface area contributed by atoms with E-state index in [1.54, 1.807) is 0 Å². The molecule has 0 nitrogen and oxygen atoms in total. The van der Waals surface area contributed by atoms with Gasteiger partial charge in [0.2, 0.25) is 0 Å². The molecule has 0 aliphatic rings. The number of benzene rings is 1. The molecule has 0 heterocycles. The van der Waals surface area contributed by atoms with E-state index in [2.05, 4.69) is 41.6 Å². The van der Waals surface area contributed by atoms with Crippen LogP contribution in [0.25, 0.3) is 0 Å². The number of halogens is 1. The SMILES string of the molecule is CCC/C(Br)=C(/C#Cc1ccccc1)CCC. The highest BCUT2D eigenvalue weighted by Gasteiger charge is 1.99. The third-order valence-corrected chi connectivity index (χ3v) is 3.30. The second-order valence-electron chi connectivity index (χ2n) is 4.00. The van der Waals surface area contributed by atoms with Crippen LogP contribution >= 0.6 is 15.9 Å². The fourth-order valence-corrected chi connectivity index (χ4v) is 2.25. The Labute approximate surface area is 113 Å². The smallest absolute Gasteiger partial charge is 0.0248 e. The van der Waals surface area contributed by atoms with Gasteiger partial charge in [-0.15, -0.1) is 0 Å². The Morgan fingerprint density at radius 2 is 1.71 bits per heavy atom. The van der Waals surface area contributed by atoms with Crippen LogP contribution in [0.15, 0.2) is 40.4 Å². The molecule has 0 aromatic heterocycles. The molecule has 1 heteroatoms. The Hall–Kier alpha value is -1.00. The maximum absolute atomic E-state index is 3.66. The van der Waals surface area contributed by atoms with E-state index in [1.807, 2.05) is 30.3 Å². The molecule has 0 saturated carbocycles. The van der Waals surface area contributed by atoms with Crippen molar-refractivity contribution >= 4 is 15.9 Å². The molecule has 0 N–H and O–H groups in total. The Bertz CT molecular complexity index is 418. The first-order chi connectivity index (χ1) is 8.27. The summed E-state index contributed by atoms with van der Waals surface area (Å²) in [5.74, 6) is 6.54. The first-order valence-electron chi connectivity index (χ1n) is 6.22. The summed E-state index contributed by atoms with van der Waals surface area (Å²) in [4.78, 5) is 0. The normalized spacial score (nSPS) is 11.5. The number of allylic oxidation sites excluding steroid dienone is 2. The van der Waals surface area contributed by atoms with Crippen LogP contribution in [0.1, 0.15) is 45.1 Å². The summed E-state index contributed by atoms with van der Waals surface area (Å²) >= 11 is 3.66. The number of hydrogen-bond donors (Lipinski definition) is 0. The molecular weight excluding hydrogens is 272 g/mol. The van der Waals surface area contributed by atoms with Crippen molar-refractivity contribution in [3.05, 3.63) is 46.0 Å².